The molecule has 0 fully saturated rings. The molecule has 2 aromatic rings. The average molecular weight is 517 g/mol. The third-order valence-electron chi connectivity index (χ3n) is 5.06. The smallest absolute Gasteiger partial charge is 0.267 e. The van der Waals surface area contributed by atoms with Gasteiger partial charge in [0.05, 0.1) is 21.7 Å². The lowest BCUT2D eigenvalue weighted by molar-refractivity contribution is -0.234. The lowest BCUT2D eigenvalue weighted by atomic mass is 9.85. The van der Waals surface area contributed by atoms with Gasteiger partial charge in [-0.15, -0.1) is 0 Å². The number of phosphoric ester groups is 1. The van der Waals surface area contributed by atoms with E-state index in [2.05, 4.69) is 9.84 Å². The van der Waals surface area contributed by atoms with Gasteiger partial charge in [0, 0.05) is 11.1 Å². The van der Waals surface area contributed by atoms with Gasteiger partial charge in [0.1, 0.15) is 17.5 Å². The fraction of sp³-hybridized carbons (Fsp3) is 0.333. The number of benzene rings is 2. The Morgan fingerprint density at radius 1 is 1.27 bits per heavy atom. The molecule has 3 rings (SSSR count). The summed E-state index contributed by atoms with van der Waals surface area (Å²) in [4.78, 5) is 44.9. The molecular weight excluding hydrogens is 496 g/mol. The Morgan fingerprint density at radius 2 is 1.97 bits per heavy atom. The zero-order valence-electron chi connectivity index (χ0n) is 17.8. The molecule has 2 aromatic carbocycles. The van der Waals surface area contributed by atoms with E-state index in [0.717, 1.165) is 0 Å². The molecule has 0 saturated carbocycles. The van der Waals surface area contributed by atoms with Gasteiger partial charge in [-0.3, -0.25) is 18.7 Å². The van der Waals surface area contributed by atoms with E-state index >= 15 is 0 Å². The number of nitrogens with one attached hydrogen (secondary N) is 1. The summed E-state index contributed by atoms with van der Waals surface area (Å²) in [5.74, 6) is -0.403. The van der Waals surface area contributed by atoms with Gasteiger partial charge in [-0.1, -0.05) is 29.3 Å². The summed E-state index contributed by atoms with van der Waals surface area (Å²) >= 11 is 12.2. The molecule has 33 heavy (non-hydrogen) atoms. The first-order valence-electron chi connectivity index (χ1n) is 9.69. The zero-order valence-corrected chi connectivity index (χ0v) is 20.2. The van der Waals surface area contributed by atoms with Gasteiger partial charge in [-0.25, -0.2) is 0 Å². The molecule has 1 heterocycles. The fourth-order valence-corrected chi connectivity index (χ4v) is 4.11. The highest BCUT2D eigenvalue weighted by Crippen LogP contribution is 2.43. The minimum atomic E-state index is -5.05. The number of ether oxygens (including phenoxy) is 2. The molecular formula is C21H21Cl2NO8P-. The van der Waals surface area contributed by atoms with Gasteiger partial charge in [0.25, 0.3) is 13.7 Å². The van der Waals surface area contributed by atoms with Crippen LogP contribution in [0.1, 0.15) is 53.1 Å². The summed E-state index contributed by atoms with van der Waals surface area (Å²) in [5, 5.41) is 3.05. The lowest BCUT2D eigenvalue weighted by Crippen LogP contribution is -2.55. The SMILES string of the molecule is CC(=O)c1ccc2c(c1)[C@H](NC(=O)c1cccc(Cl)c1Cl)[C@@H](OCOP(=O)([O-])O)C(C)(C)O2. The standard InChI is InChI=1S/C21H22Cl2NO8P/c1-11(25)12-7-8-16-14(9-12)18(24-20(26)13-5-4-6-15(22)17(13)23)19(21(2,3)32-16)30-10-31-33(27,28)29/h4-9,18-19H,10H2,1-3H3,(H,24,26)(H2,27,28,29)/p-1/t18-,19+/m0/s1. The molecule has 178 valence electrons. The summed E-state index contributed by atoms with van der Waals surface area (Å²) in [5.41, 5.74) is -0.196. The Kier molecular flexibility index (Phi) is 7.55. The van der Waals surface area contributed by atoms with E-state index in [-0.39, 0.29) is 21.4 Å². The van der Waals surface area contributed by atoms with E-state index in [1.807, 2.05) is 0 Å². The van der Waals surface area contributed by atoms with E-state index in [1.54, 1.807) is 38.1 Å². The fourth-order valence-electron chi connectivity index (χ4n) is 3.53. The van der Waals surface area contributed by atoms with Crippen LogP contribution in [-0.2, 0) is 13.8 Å². The van der Waals surface area contributed by atoms with Gasteiger partial charge >= 0.3 is 0 Å². The maximum Gasteiger partial charge on any atom is 0.267 e. The molecule has 0 bridgehead atoms. The predicted molar refractivity (Wildman–Crippen MR) is 118 cm³/mol. The second kappa shape index (κ2) is 9.72. The molecule has 0 aliphatic carbocycles. The molecule has 1 aliphatic rings. The van der Waals surface area contributed by atoms with E-state index in [0.29, 0.717) is 16.9 Å². The Labute approximate surface area is 200 Å². The van der Waals surface area contributed by atoms with Crippen molar-refractivity contribution in [1.82, 2.24) is 5.32 Å². The summed E-state index contributed by atoms with van der Waals surface area (Å²) in [6, 6.07) is 8.41. The third-order valence-corrected chi connectivity index (χ3v) is 6.31. The van der Waals surface area contributed by atoms with Crippen LogP contribution in [-0.4, -0.2) is 35.1 Å². The van der Waals surface area contributed by atoms with Crippen LogP contribution in [0.3, 0.4) is 0 Å². The maximum absolute atomic E-state index is 13.1. The zero-order chi connectivity index (χ0) is 24.6. The highest BCUT2D eigenvalue weighted by atomic mass is 35.5. The Hall–Kier alpha value is -1.97. The van der Waals surface area contributed by atoms with Crippen molar-refractivity contribution < 1.29 is 37.9 Å². The summed E-state index contributed by atoms with van der Waals surface area (Å²) in [6.45, 7) is 3.89. The molecule has 3 atom stereocenters. The van der Waals surface area contributed by atoms with Crippen molar-refractivity contribution >= 4 is 42.7 Å². The highest BCUT2D eigenvalue weighted by molar-refractivity contribution is 7.44. The molecule has 1 unspecified atom stereocenters. The van der Waals surface area contributed by atoms with Crippen molar-refractivity contribution in [2.45, 2.75) is 38.5 Å². The summed E-state index contributed by atoms with van der Waals surface area (Å²) < 4.78 is 26.9. The second-order valence-corrected chi connectivity index (χ2v) is 9.85. The number of ketones is 1. The Morgan fingerprint density at radius 3 is 2.61 bits per heavy atom. The normalized spacial score (nSPS) is 20.8. The number of Topliss-reactive ketones (excluding diaryl/α,β-unsaturated/α-hetero) is 1. The van der Waals surface area contributed by atoms with Crippen molar-refractivity contribution in [3.8, 4) is 5.75 Å². The summed E-state index contributed by atoms with van der Waals surface area (Å²) in [6.07, 6.45) is -0.999. The number of rotatable bonds is 7. The number of hydrogen-bond acceptors (Lipinski definition) is 7. The topological polar surface area (TPSA) is 134 Å². The predicted octanol–water partition coefficient (Wildman–Crippen LogP) is 3.66. The van der Waals surface area contributed by atoms with Gasteiger partial charge in [-0.05, 0) is 51.1 Å². The number of phosphoric acid groups is 1. The van der Waals surface area contributed by atoms with Crippen LogP contribution in [0.4, 0.5) is 0 Å². The number of hydrogen-bond donors (Lipinski definition) is 2. The van der Waals surface area contributed by atoms with Crippen molar-refractivity contribution in [2.24, 2.45) is 0 Å². The molecule has 2 N–H and O–H groups in total. The minimum Gasteiger partial charge on any atom is -0.756 e. The first kappa shape index (κ1) is 25.6. The van der Waals surface area contributed by atoms with Crippen LogP contribution in [0.25, 0.3) is 0 Å². The number of halogens is 2. The molecule has 0 spiro atoms. The summed E-state index contributed by atoms with van der Waals surface area (Å²) in [7, 11) is -5.05. The molecule has 0 saturated heterocycles. The first-order valence-corrected chi connectivity index (χ1v) is 11.9. The highest BCUT2D eigenvalue weighted by Gasteiger charge is 2.46. The van der Waals surface area contributed by atoms with Crippen LogP contribution in [0.2, 0.25) is 10.0 Å². The quantitative estimate of drug-likeness (QED) is 0.323. The van der Waals surface area contributed by atoms with Crippen LogP contribution in [0.15, 0.2) is 36.4 Å². The molecule has 9 nitrogen and oxygen atoms in total. The van der Waals surface area contributed by atoms with Crippen LogP contribution in [0.5, 0.6) is 5.75 Å². The molecule has 12 heteroatoms. The lowest BCUT2D eigenvalue weighted by Gasteiger charge is -2.44. The van der Waals surface area contributed by atoms with E-state index in [9.17, 15) is 19.0 Å². The van der Waals surface area contributed by atoms with Crippen LogP contribution >= 0.6 is 31.0 Å². The number of carbonyl (C=O) groups excluding carboxylic acids is 2. The van der Waals surface area contributed by atoms with Gasteiger partial charge in [0.2, 0.25) is 0 Å². The largest absolute Gasteiger partial charge is 0.756 e. The van der Waals surface area contributed by atoms with Crippen molar-refractivity contribution in [1.29, 1.82) is 0 Å². The van der Waals surface area contributed by atoms with E-state index in [1.165, 1.54) is 19.1 Å². The Balaban J connectivity index is 2.03. The van der Waals surface area contributed by atoms with E-state index in [4.69, 9.17) is 37.6 Å². The minimum absolute atomic E-state index is 0.0501. The molecule has 0 radical (unpaired) electrons. The van der Waals surface area contributed by atoms with E-state index < -0.39 is 38.3 Å². The van der Waals surface area contributed by atoms with Crippen LogP contribution in [0, 0.1) is 0 Å². The molecule has 1 amide bonds. The third kappa shape index (κ3) is 5.94. The first-order chi connectivity index (χ1) is 15.3. The molecule has 1 aliphatic heterocycles. The van der Waals surface area contributed by atoms with Crippen molar-refractivity contribution in [3.63, 3.8) is 0 Å². The second-order valence-electron chi connectivity index (χ2n) is 7.87. The van der Waals surface area contributed by atoms with Gasteiger partial charge < -0.3 is 24.6 Å². The van der Waals surface area contributed by atoms with Gasteiger partial charge in [0.15, 0.2) is 12.6 Å². The average Bonchev–Trinajstić information content (AvgIpc) is 2.70. The van der Waals surface area contributed by atoms with Gasteiger partial charge in [-0.2, -0.15) is 0 Å². The number of carbonyl (C=O) groups is 2. The number of fused-ring (bicyclic) bond motifs is 1. The van der Waals surface area contributed by atoms with Crippen molar-refractivity contribution in [2.75, 3.05) is 6.79 Å². The van der Waals surface area contributed by atoms with Crippen molar-refractivity contribution in [3.05, 3.63) is 63.1 Å². The molecule has 0 aromatic heterocycles. The monoisotopic (exact) mass is 516 g/mol. The number of amides is 1. The maximum atomic E-state index is 13.1. The Bertz CT molecular complexity index is 1130. The van der Waals surface area contributed by atoms with Crippen LogP contribution < -0.4 is 14.9 Å².